The van der Waals surface area contributed by atoms with Crippen LogP contribution in [0, 0.1) is 0 Å². The summed E-state index contributed by atoms with van der Waals surface area (Å²) in [5.74, 6) is -0.733. The van der Waals surface area contributed by atoms with Gasteiger partial charge in [-0.1, -0.05) is 12.1 Å². The number of aryl methyl sites for hydroxylation is 1. The Hall–Kier alpha value is -3.16. The van der Waals surface area contributed by atoms with E-state index in [-0.39, 0.29) is 12.5 Å². The number of anilines is 1. The maximum atomic E-state index is 12.5. The highest BCUT2D eigenvalue weighted by Gasteiger charge is 2.29. The fourth-order valence-corrected chi connectivity index (χ4v) is 2.96. The number of alkyl halides is 3. The second-order valence-electron chi connectivity index (χ2n) is 6.32. The number of hydrogen-bond acceptors (Lipinski definition) is 3. The molecule has 146 valence electrons. The second-order valence-corrected chi connectivity index (χ2v) is 6.32. The molecule has 1 aromatic heterocycles. The van der Waals surface area contributed by atoms with Crippen LogP contribution in [0.4, 0.5) is 18.9 Å². The molecule has 2 aromatic rings. The lowest BCUT2D eigenvalue weighted by Gasteiger charge is -2.29. The molecule has 0 atom stereocenters. The Morgan fingerprint density at radius 1 is 1.18 bits per heavy atom. The van der Waals surface area contributed by atoms with E-state index in [1.54, 1.807) is 23.4 Å². The molecule has 0 spiro atoms. The summed E-state index contributed by atoms with van der Waals surface area (Å²) in [5, 5.41) is 2.50. The van der Waals surface area contributed by atoms with Gasteiger partial charge in [0.25, 0.3) is 0 Å². The van der Waals surface area contributed by atoms with E-state index in [1.807, 2.05) is 0 Å². The number of hydrogen-bond donors (Lipinski definition) is 1. The number of nitrogens with one attached hydrogen (secondary N) is 1. The van der Waals surface area contributed by atoms with Crippen LogP contribution in [-0.4, -0.2) is 29.9 Å². The number of rotatable bonds is 4. The predicted octanol–water partition coefficient (Wildman–Crippen LogP) is 3.21. The second kappa shape index (κ2) is 8.24. The third-order valence-corrected chi connectivity index (χ3v) is 4.38. The van der Waals surface area contributed by atoms with Crippen LogP contribution in [0.15, 0.2) is 48.8 Å². The average Bonchev–Trinajstić information content (AvgIpc) is 2.69. The van der Waals surface area contributed by atoms with Crippen LogP contribution in [0.5, 0.6) is 0 Å². The third-order valence-electron chi connectivity index (χ3n) is 4.38. The smallest absolute Gasteiger partial charge is 0.343 e. The van der Waals surface area contributed by atoms with Gasteiger partial charge in [-0.3, -0.25) is 14.6 Å². The van der Waals surface area contributed by atoms with Crippen molar-refractivity contribution in [2.45, 2.75) is 19.0 Å². The Morgan fingerprint density at radius 3 is 2.64 bits per heavy atom. The van der Waals surface area contributed by atoms with E-state index in [0.717, 1.165) is 36.2 Å². The van der Waals surface area contributed by atoms with Crippen LogP contribution in [0.25, 0.3) is 6.08 Å². The van der Waals surface area contributed by atoms with E-state index in [9.17, 15) is 22.8 Å². The highest BCUT2D eigenvalue weighted by molar-refractivity contribution is 5.99. The SMILES string of the molecule is O=C(/C=C/c1ccc(C(F)(F)F)cc1)NCC(=O)N1CCCc2cnccc21. The molecule has 3 rings (SSSR count). The number of nitrogens with zero attached hydrogens (tertiary/aromatic N) is 2. The van der Waals surface area contributed by atoms with Crippen molar-refractivity contribution in [2.75, 3.05) is 18.0 Å². The summed E-state index contributed by atoms with van der Waals surface area (Å²) in [5.41, 5.74) is 1.50. The molecule has 1 aliphatic rings. The third kappa shape index (κ3) is 4.76. The Balaban J connectivity index is 1.54. The van der Waals surface area contributed by atoms with Crippen LogP contribution in [-0.2, 0) is 22.2 Å². The van der Waals surface area contributed by atoms with Crippen molar-refractivity contribution in [3.05, 3.63) is 65.5 Å². The van der Waals surface area contributed by atoms with Gasteiger partial charge in [0.2, 0.25) is 11.8 Å². The van der Waals surface area contributed by atoms with E-state index < -0.39 is 17.6 Å². The van der Waals surface area contributed by atoms with E-state index >= 15 is 0 Å². The van der Waals surface area contributed by atoms with Gasteiger partial charge in [0.1, 0.15) is 0 Å². The Bertz CT molecular complexity index is 892. The van der Waals surface area contributed by atoms with Crippen LogP contribution >= 0.6 is 0 Å². The van der Waals surface area contributed by atoms with Gasteiger partial charge in [-0.15, -0.1) is 0 Å². The van der Waals surface area contributed by atoms with E-state index in [2.05, 4.69) is 10.3 Å². The summed E-state index contributed by atoms with van der Waals surface area (Å²) in [7, 11) is 0. The average molecular weight is 389 g/mol. The van der Waals surface area contributed by atoms with E-state index in [0.29, 0.717) is 12.1 Å². The molecule has 1 N–H and O–H groups in total. The summed E-state index contributed by atoms with van der Waals surface area (Å²) in [6.07, 6.45) is 3.21. The minimum Gasteiger partial charge on any atom is -0.343 e. The molecule has 1 aromatic carbocycles. The first kappa shape index (κ1) is 19.6. The van der Waals surface area contributed by atoms with Crippen LogP contribution in [0.1, 0.15) is 23.1 Å². The van der Waals surface area contributed by atoms with Crippen LogP contribution < -0.4 is 10.2 Å². The monoisotopic (exact) mass is 389 g/mol. The van der Waals surface area contributed by atoms with Gasteiger partial charge in [0.05, 0.1) is 12.1 Å². The quantitative estimate of drug-likeness (QED) is 0.817. The summed E-state index contributed by atoms with van der Waals surface area (Å²) in [4.78, 5) is 30.0. The molecule has 0 unspecified atom stereocenters. The molecule has 1 aliphatic heterocycles. The molecule has 0 saturated heterocycles. The summed E-state index contributed by atoms with van der Waals surface area (Å²) in [6.45, 7) is 0.408. The number of amides is 2. The normalized spacial score (nSPS) is 14.0. The zero-order chi connectivity index (χ0) is 20.1. The standard InChI is InChI=1S/C20H18F3N3O2/c21-20(22,23)16-6-3-14(4-7-16)5-8-18(27)25-13-19(28)26-11-1-2-15-12-24-10-9-17(15)26/h3-10,12H,1-2,11,13H2,(H,25,27)/b8-5+. The fraction of sp³-hybridized carbons (Fsp3) is 0.250. The summed E-state index contributed by atoms with van der Waals surface area (Å²) >= 11 is 0. The highest BCUT2D eigenvalue weighted by atomic mass is 19.4. The molecule has 0 saturated carbocycles. The fourth-order valence-electron chi connectivity index (χ4n) is 2.96. The minimum absolute atomic E-state index is 0.169. The van der Waals surface area contributed by atoms with Crippen molar-refractivity contribution in [3.8, 4) is 0 Å². The minimum atomic E-state index is -4.40. The first-order chi connectivity index (χ1) is 13.3. The maximum absolute atomic E-state index is 12.5. The largest absolute Gasteiger partial charge is 0.416 e. The molecular formula is C20H18F3N3O2. The molecule has 2 heterocycles. The van der Waals surface area contributed by atoms with Gasteiger partial charge >= 0.3 is 6.18 Å². The summed E-state index contributed by atoms with van der Waals surface area (Å²) in [6, 6.07) is 6.22. The molecule has 0 fully saturated rings. The number of aromatic nitrogens is 1. The Labute approximate surface area is 159 Å². The Kier molecular flexibility index (Phi) is 5.77. The number of benzene rings is 1. The maximum Gasteiger partial charge on any atom is 0.416 e. The number of halogens is 3. The molecule has 0 aliphatic carbocycles. The number of fused-ring (bicyclic) bond motifs is 1. The number of pyridine rings is 1. The Morgan fingerprint density at radius 2 is 1.93 bits per heavy atom. The van der Waals surface area contributed by atoms with Crippen molar-refractivity contribution in [3.63, 3.8) is 0 Å². The lowest BCUT2D eigenvalue weighted by Crippen LogP contribution is -2.42. The van der Waals surface area contributed by atoms with Gasteiger partial charge < -0.3 is 10.2 Å². The molecule has 0 radical (unpaired) electrons. The lowest BCUT2D eigenvalue weighted by molar-refractivity contribution is -0.137. The highest BCUT2D eigenvalue weighted by Crippen LogP contribution is 2.29. The number of carbonyl (C=O) groups excluding carboxylic acids is 2. The molecule has 0 bridgehead atoms. The van der Waals surface area contributed by atoms with Crippen LogP contribution in [0.3, 0.4) is 0 Å². The summed E-state index contributed by atoms with van der Waals surface area (Å²) < 4.78 is 37.6. The topological polar surface area (TPSA) is 62.3 Å². The van der Waals surface area contributed by atoms with Gasteiger partial charge in [-0.2, -0.15) is 13.2 Å². The van der Waals surface area contributed by atoms with Crippen molar-refractivity contribution < 1.29 is 22.8 Å². The van der Waals surface area contributed by atoms with Gasteiger partial charge in [0, 0.05) is 30.7 Å². The predicted molar refractivity (Wildman–Crippen MR) is 98.4 cm³/mol. The van der Waals surface area contributed by atoms with Crippen molar-refractivity contribution >= 4 is 23.6 Å². The first-order valence-electron chi connectivity index (χ1n) is 8.71. The van der Waals surface area contributed by atoms with Crippen molar-refractivity contribution in [1.29, 1.82) is 0 Å². The van der Waals surface area contributed by atoms with E-state index in [1.165, 1.54) is 24.3 Å². The van der Waals surface area contributed by atoms with Crippen molar-refractivity contribution in [2.24, 2.45) is 0 Å². The van der Waals surface area contributed by atoms with Gasteiger partial charge in [-0.25, -0.2) is 0 Å². The lowest BCUT2D eigenvalue weighted by atomic mass is 10.0. The molecule has 28 heavy (non-hydrogen) atoms. The zero-order valence-electron chi connectivity index (χ0n) is 14.9. The number of carbonyl (C=O) groups is 2. The molecule has 8 heteroatoms. The first-order valence-corrected chi connectivity index (χ1v) is 8.71. The van der Waals surface area contributed by atoms with Gasteiger partial charge in [0.15, 0.2) is 0 Å². The van der Waals surface area contributed by atoms with Crippen LogP contribution in [0.2, 0.25) is 0 Å². The molecule has 2 amide bonds. The molecular weight excluding hydrogens is 371 g/mol. The van der Waals surface area contributed by atoms with E-state index in [4.69, 9.17) is 0 Å². The van der Waals surface area contributed by atoms with Crippen molar-refractivity contribution in [1.82, 2.24) is 10.3 Å². The van der Waals surface area contributed by atoms with Gasteiger partial charge in [-0.05, 0) is 48.2 Å². The molecule has 5 nitrogen and oxygen atoms in total. The zero-order valence-corrected chi connectivity index (χ0v) is 14.9.